The van der Waals surface area contributed by atoms with Crippen molar-refractivity contribution < 1.29 is 0 Å². The normalized spacial score (nSPS) is 13.1. The van der Waals surface area contributed by atoms with Gasteiger partial charge in [0.2, 0.25) is 0 Å². The summed E-state index contributed by atoms with van der Waals surface area (Å²) in [5.74, 6) is 0. The van der Waals surface area contributed by atoms with E-state index in [-0.39, 0.29) is 5.41 Å². The minimum absolute atomic E-state index is 0.220. The zero-order valence-corrected chi connectivity index (χ0v) is 13.6. The lowest BCUT2D eigenvalue weighted by atomic mass is 9.86. The maximum atomic E-state index is 4.07. The molecule has 0 aliphatic rings. The van der Waals surface area contributed by atoms with Crippen LogP contribution in [0.4, 0.5) is 0 Å². The van der Waals surface area contributed by atoms with Crippen molar-refractivity contribution >= 4 is 0 Å². The molecule has 1 atom stereocenters. The molecule has 2 nitrogen and oxygen atoms in total. The Morgan fingerprint density at radius 2 is 1.43 bits per heavy atom. The summed E-state index contributed by atoms with van der Waals surface area (Å²) >= 11 is 0. The highest BCUT2D eigenvalue weighted by atomic mass is 14.9. The Kier molecular flexibility index (Phi) is 5.13. The molecule has 1 heterocycles. The van der Waals surface area contributed by atoms with Gasteiger partial charge in [0.25, 0.3) is 0 Å². The van der Waals surface area contributed by atoms with Gasteiger partial charge in [0, 0.05) is 18.4 Å². The van der Waals surface area contributed by atoms with E-state index in [9.17, 15) is 0 Å². The lowest BCUT2D eigenvalue weighted by Crippen LogP contribution is -2.29. The first-order chi connectivity index (χ1) is 9.99. The van der Waals surface area contributed by atoms with Crippen LogP contribution in [0.5, 0.6) is 0 Å². The Labute approximate surface area is 128 Å². The number of hydrogen-bond acceptors (Lipinski definition) is 2. The zero-order valence-electron chi connectivity index (χ0n) is 13.6. The van der Waals surface area contributed by atoms with Crippen molar-refractivity contribution in [1.82, 2.24) is 10.3 Å². The maximum Gasteiger partial charge on any atom is 0.0270 e. The molecule has 2 aromatic rings. The second-order valence-corrected chi connectivity index (χ2v) is 6.70. The van der Waals surface area contributed by atoms with Crippen molar-refractivity contribution in [3.8, 4) is 0 Å². The van der Waals surface area contributed by atoms with E-state index < -0.39 is 0 Å². The maximum absolute atomic E-state index is 4.07. The van der Waals surface area contributed by atoms with Crippen molar-refractivity contribution in [3.05, 3.63) is 65.5 Å². The first kappa shape index (κ1) is 15.7. The Morgan fingerprint density at radius 1 is 0.905 bits per heavy atom. The third-order valence-electron chi connectivity index (χ3n) is 3.94. The van der Waals surface area contributed by atoms with Gasteiger partial charge in [0.15, 0.2) is 0 Å². The van der Waals surface area contributed by atoms with E-state index in [1.54, 1.807) is 0 Å². The van der Waals surface area contributed by atoms with Crippen LogP contribution < -0.4 is 5.32 Å². The van der Waals surface area contributed by atoms with Crippen LogP contribution in [0.15, 0.2) is 48.8 Å². The highest BCUT2D eigenvalue weighted by Gasteiger charge is 2.14. The second kappa shape index (κ2) is 6.86. The summed E-state index contributed by atoms with van der Waals surface area (Å²) < 4.78 is 0. The molecular weight excluding hydrogens is 256 g/mol. The van der Waals surface area contributed by atoms with Crippen molar-refractivity contribution in [2.75, 3.05) is 7.05 Å². The molecule has 1 unspecified atom stereocenters. The van der Waals surface area contributed by atoms with E-state index in [0.29, 0.717) is 6.04 Å². The fraction of sp³-hybridized carbons (Fsp3) is 0.421. The molecule has 1 aromatic heterocycles. The van der Waals surface area contributed by atoms with Gasteiger partial charge in [-0.3, -0.25) is 4.98 Å². The summed E-state index contributed by atoms with van der Waals surface area (Å²) in [6, 6.07) is 13.7. The molecule has 0 saturated heterocycles. The second-order valence-electron chi connectivity index (χ2n) is 6.70. The predicted molar refractivity (Wildman–Crippen MR) is 89.6 cm³/mol. The van der Waals surface area contributed by atoms with E-state index in [1.165, 1.54) is 16.7 Å². The quantitative estimate of drug-likeness (QED) is 0.903. The summed E-state index contributed by atoms with van der Waals surface area (Å²) in [6.07, 6.45) is 5.80. The van der Waals surface area contributed by atoms with Crippen molar-refractivity contribution in [2.24, 2.45) is 0 Å². The highest BCUT2D eigenvalue weighted by Crippen LogP contribution is 2.22. The Hall–Kier alpha value is -1.67. The first-order valence-corrected chi connectivity index (χ1v) is 7.64. The number of pyridine rings is 1. The average molecular weight is 282 g/mol. The number of benzene rings is 1. The molecule has 0 bridgehead atoms. The Morgan fingerprint density at radius 3 is 1.90 bits per heavy atom. The average Bonchev–Trinajstić information content (AvgIpc) is 2.47. The van der Waals surface area contributed by atoms with Crippen LogP contribution in [-0.4, -0.2) is 18.1 Å². The topological polar surface area (TPSA) is 24.9 Å². The van der Waals surface area contributed by atoms with Gasteiger partial charge in [-0.2, -0.15) is 0 Å². The van der Waals surface area contributed by atoms with Crippen LogP contribution in [0.25, 0.3) is 0 Å². The lowest BCUT2D eigenvalue weighted by molar-refractivity contribution is 0.555. The van der Waals surface area contributed by atoms with Crippen LogP contribution in [0.3, 0.4) is 0 Å². The van der Waals surface area contributed by atoms with E-state index in [0.717, 1.165) is 12.8 Å². The Balaban J connectivity index is 2.02. The molecule has 0 aliphatic heterocycles. The molecule has 0 saturated carbocycles. The molecule has 0 spiro atoms. The molecule has 2 heteroatoms. The number of hydrogen-bond donors (Lipinski definition) is 1. The van der Waals surface area contributed by atoms with Gasteiger partial charge < -0.3 is 5.32 Å². The highest BCUT2D eigenvalue weighted by molar-refractivity contribution is 5.28. The van der Waals surface area contributed by atoms with E-state index in [4.69, 9.17) is 0 Å². The molecule has 1 aromatic carbocycles. The number of rotatable bonds is 5. The summed E-state index contributed by atoms with van der Waals surface area (Å²) in [5.41, 5.74) is 4.33. The molecule has 0 amide bonds. The third kappa shape index (κ3) is 4.68. The SMILES string of the molecule is CNC(Cc1ccncc1)Cc1ccc(C(C)(C)C)cc1. The summed E-state index contributed by atoms with van der Waals surface area (Å²) in [6.45, 7) is 6.76. The molecule has 112 valence electrons. The van der Waals surface area contributed by atoms with Gasteiger partial charge in [0.05, 0.1) is 0 Å². The summed E-state index contributed by atoms with van der Waals surface area (Å²) in [5, 5.41) is 3.42. The van der Waals surface area contributed by atoms with Gasteiger partial charge in [-0.05, 0) is 54.1 Å². The van der Waals surface area contributed by atoms with Crippen LogP contribution in [0.2, 0.25) is 0 Å². The largest absolute Gasteiger partial charge is 0.316 e. The van der Waals surface area contributed by atoms with Crippen LogP contribution >= 0.6 is 0 Å². The molecule has 0 radical (unpaired) electrons. The fourth-order valence-corrected chi connectivity index (χ4v) is 2.51. The van der Waals surface area contributed by atoms with Crippen molar-refractivity contribution in [2.45, 2.75) is 45.1 Å². The molecular formula is C19H26N2. The molecule has 0 aliphatic carbocycles. The van der Waals surface area contributed by atoms with Gasteiger partial charge in [0.1, 0.15) is 0 Å². The van der Waals surface area contributed by atoms with Crippen LogP contribution in [-0.2, 0) is 18.3 Å². The van der Waals surface area contributed by atoms with Crippen LogP contribution in [0.1, 0.15) is 37.5 Å². The molecule has 2 rings (SSSR count). The monoisotopic (exact) mass is 282 g/mol. The smallest absolute Gasteiger partial charge is 0.0270 e. The van der Waals surface area contributed by atoms with Gasteiger partial charge in [-0.15, -0.1) is 0 Å². The Bertz CT molecular complexity index is 538. The van der Waals surface area contributed by atoms with E-state index in [1.807, 2.05) is 19.4 Å². The molecule has 21 heavy (non-hydrogen) atoms. The lowest BCUT2D eigenvalue weighted by Gasteiger charge is -2.20. The summed E-state index contributed by atoms with van der Waals surface area (Å²) in [7, 11) is 2.04. The number of nitrogens with one attached hydrogen (secondary N) is 1. The third-order valence-corrected chi connectivity index (χ3v) is 3.94. The van der Waals surface area contributed by atoms with Crippen molar-refractivity contribution in [1.29, 1.82) is 0 Å². The molecule has 0 fully saturated rings. The van der Waals surface area contributed by atoms with Crippen molar-refractivity contribution in [3.63, 3.8) is 0 Å². The fourth-order valence-electron chi connectivity index (χ4n) is 2.51. The van der Waals surface area contributed by atoms with E-state index in [2.05, 4.69) is 67.5 Å². The molecule has 1 N–H and O–H groups in total. The van der Waals surface area contributed by atoms with Crippen LogP contribution in [0, 0.1) is 0 Å². The number of nitrogens with zero attached hydrogens (tertiary/aromatic N) is 1. The first-order valence-electron chi connectivity index (χ1n) is 7.64. The minimum atomic E-state index is 0.220. The van der Waals surface area contributed by atoms with Gasteiger partial charge in [-0.25, -0.2) is 0 Å². The predicted octanol–water partition coefficient (Wildman–Crippen LogP) is 3.75. The number of aromatic nitrogens is 1. The van der Waals surface area contributed by atoms with Gasteiger partial charge in [-0.1, -0.05) is 45.0 Å². The zero-order chi connectivity index (χ0) is 15.3. The minimum Gasteiger partial charge on any atom is -0.316 e. The standard InChI is InChI=1S/C19H26N2/c1-19(2,3)17-7-5-15(6-8-17)13-18(20-4)14-16-9-11-21-12-10-16/h5-12,18,20H,13-14H2,1-4H3. The van der Waals surface area contributed by atoms with Gasteiger partial charge >= 0.3 is 0 Å². The van der Waals surface area contributed by atoms with E-state index >= 15 is 0 Å². The number of likely N-dealkylation sites (N-methyl/N-ethyl adjacent to an activating group) is 1. The summed E-state index contributed by atoms with van der Waals surface area (Å²) in [4.78, 5) is 4.07.